The molecule has 1 aromatic heterocycles. The molecule has 1 atom stereocenters. The first-order valence-electron chi connectivity index (χ1n) is 6.13. The van der Waals surface area contributed by atoms with Crippen LogP contribution in [0, 0.1) is 0 Å². The lowest BCUT2D eigenvalue weighted by molar-refractivity contribution is -0.121. The quantitative estimate of drug-likeness (QED) is 0.709. The third-order valence-corrected chi connectivity index (χ3v) is 2.65. The van der Waals surface area contributed by atoms with Crippen molar-refractivity contribution in [1.82, 2.24) is 14.9 Å². The largest absolute Gasteiger partial charge is 0.393 e. The third kappa shape index (κ3) is 6.06. The second-order valence-corrected chi connectivity index (χ2v) is 4.10. The Morgan fingerprint density at radius 3 is 3.06 bits per heavy atom. The Labute approximate surface area is 102 Å². The van der Waals surface area contributed by atoms with Gasteiger partial charge in [0.15, 0.2) is 0 Å². The number of carbonyl (C=O) groups is 1. The van der Waals surface area contributed by atoms with E-state index in [0.717, 1.165) is 19.4 Å². The number of aliphatic hydroxyl groups excluding tert-OH is 1. The normalized spacial score (nSPS) is 12.4. The van der Waals surface area contributed by atoms with Crippen molar-refractivity contribution in [3.8, 4) is 0 Å². The first-order chi connectivity index (χ1) is 8.22. The number of hydrogen-bond donors (Lipinski definition) is 2. The number of rotatable bonds is 8. The molecular formula is C12H21N3O2. The van der Waals surface area contributed by atoms with E-state index in [0.29, 0.717) is 19.4 Å². The van der Waals surface area contributed by atoms with E-state index in [1.54, 1.807) is 12.5 Å². The van der Waals surface area contributed by atoms with Crippen LogP contribution in [0.25, 0.3) is 0 Å². The van der Waals surface area contributed by atoms with E-state index in [2.05, 4.69) is 10.3 Å². The number of imidazole rings is 1. The minimum absolute atomic E-state index is 0.0495. The van der Waals surface area contributed by atoms with Gasteiger partial charge in [-0.2, -0.15) is 0 Å². The van der Waals surface area contributed by atoms with Crippen LogP contribution in [0.1, 0.15) is 32.6 Å². The standard InChI is InChI=1S/C12H21N3O2/c1-2-11(16)5-6-14-12(17)4-3-8-15-9-7-13-10-15/h7,9-11,16H,2-6,8H2,1H3,(H,14,17). The van der Waals surface area contributed by atoms with Gasteiger partial charge in [-0.1, -0.05) is 6.92 Å². The third-order valence-electron chi connectivity index (χ3n) is 2.65. The minimum atomic E-state index is -0.304. The molecule has 0 aliphatic heterocycles. The zero-order valence-electron chi connectivity index (χ0n) is 10.3. The van der Waals surface area contributed by atoms with Crippen LogP contribution >= 0.6 is 0 Å². The van der Waals surface area contributed by atoms with Crippen LogP contribution in [0.3, 0.4) is 0 Å². The second-order valence-electron chi connectivity index (χ2n) is 4.10. The van der Waals surface area contributed by atoms with Gasteiger partial charge in [-0.25, -0.2) is 4.98 Å². The highest BCUT2D eigenvalue weighted by molar-refractivity contribution is 5.75. The van der Waals surface area contributed by atoms with Crippen molar-refractivity contribution in [3.05, 3.63) is 18.7 Å². The van der Waals surface area contributed by atoms with Gasteiger partial charge in [0, 0.05) is 31.9 Å². The predicted octanol–water partition coefficient (Wildman–Crippen LogP) is 0.940. The molecule has 1 heterocycles. The van der Waals surface area contributed by atoms with Crippen molar-refractivity contribution < 1.29 is 9.90 Å². The SMILES string of the molecule is CCC(O)CCNC(=O)CCCn1ccnc1. The molecule has 0 fully saturated rings. The Bertz CT molecular complexity index is 312. The molecule has 1 amide bonds. The number of aryl methyl sites for hydroxylation is 1. The van der Waals surface area contributed by atoms with Crippen LogP contribution in [0.15, 0.2) is 18.7 Å². The molecule has 5 heteroatoms. The molecule has 17 heavy (non-hydrogen) atoms. The summed E-state index contributed by atoms with van der Waals surface area (Å²) in [5.41, 5.74) is 0. The highest BCUT2D eigenvalue weighted by Gasteiger charge is 2.03. The Morgan fingerprint density at radius 2 is 2.41 bits per heavy atom. The monoisotopic (exact) mass is 239 g/mol. The molecule has 5 nitrogen and oxygen atoms in total. The zero-order chi connectivity index (χ0) is 12.5. The molecule has 0 aliphatic carbocycles. The molecule has 0 spiro atoms. The van der Waals surface area contributed by atoms with Crippen molar-refractivity contribution in [1.29, 1.82) is 0 Å². The van der Waals surface area contributed by atoms with E-state index in [-0.39, 0.29) is 12.0 Å². The van der Waals surface area contributed by atoms with E-state index < -0.39 is 0 Å². The lowest BCUT2D eigenvalue weighted by Gasteiger charge is -2.08. The number of carbonyl (C=O) groups excluding carboxylic acids is 1. The van der Waals surface area contributed by atoms with E-state index in [1.165, 1.54) is 0 Å². The summed E-state index contributed by atoms with van der Waals surface area (Å²) < 4.78 is 1.95. The molecule has 0 aliphatic rings. The molecule has 96 valence electrons. The predicted molar refractivity (Wildman–Crippen MR) is 65.4 cm³/mol. The average molecular weight is 239 g/mol. The summed E-state index contributed by atoms with van der Waals surface area (Å²) in [6, 6.07) is 0. The van der Waals surface area contributed by atoms with Crippen molar-refractivity contribution in [2.24, 2.45) is 0 Å². The van der Waals surface area contributed by atoms with Crippen molar-refractivity contribution in [2.45, 2.75) is 45.3 Å². The maximum atomic E-state index is 11.4. The van der Waals surface area contributed by atoms with Crippen LogP contribution < -0.4 is 5.32 Å². The van der Waals surface area contributed by atoms with Gasteiger partial charge in [-0.15, -0.1) is 0 Å². The average Bonchev–Trinajstić information content (AvgIpc) is 2.82. The Morgan fingerprint density at radius 1 is 1.59 bits per heavy atom. The van der Waals surface area contributed by atoms with E-state index in [9.17, 15) is 9.90 Å². The Hall–Kier alpha value is -1.36. The van der Waals surface area contributed by atoms with Crippen LogP contribution in [-0.2, 0) is 11.3 Å². The van der Waals surface area contributed by atoms with E-state index in [1.807, 2.05) is 17.7 Å². The summed E-state index contributed by atoms with van der Waals surface area (Å²) in [6.45, 7) is 3.29. The highest BCUT2D eigenvalue weighted by Crippen LogP contribution is 1.97. The molecule has 1 aromatic rings. The number of hydrogen-bond acceptors (Lipinski definition) is 3. The molecule has 2 N–H and O–H groups in total. The topological polar surface area (TPSA) is 67.2 Å². The van der Waals surface area contributed by atoms with Gasteiger partial charge >= 0.3 is 0 Å². The van der Waals surface area contributed by atoms with Gasteiger partial charge in [-0.05, 0) is 19.3 Å². The molecule has 0 bridgehead atoms. The summed E-state index contributed by atoms with van der Waals surface area (Å²) >= 11 is 0. The Kier molecular flexibility index (Phi) is 6.32. The molecule has 0 aromatic carbocycles. The van der Waals surface area contributed by atoms with Gasteiger partial charge in [0.1, 0.15) is 0 Å². The number of amides is 1. The minimum Gasteiger partial charge on any atom is -0.393 e. The molecular weight excluding hydrogens is 218 g/mol. The fourth-order valence-corrected chi connectivity index (χ4v) is 1.51. The van der Waals surface area contributed by atoms with Gasteiger partial charge in [-0.3, -0.25) is 4.79 Å². The van der Waals surface area contributed by atoms with Crippen LogP contribution in [0.5, 0.6) is 0 Å². The smallest absolute Gasteiger partial charge is 0.220 e. The lowest BCUT2D eigenvalue weighted by Crippen LogP contribution is -2.26. The number of nitrogens with zero attached hydrogens (tertiary/aromatic N) is 2. The van der Waals surface area contributed by atoms with Crippen molar-refractivity contribution >= 4 is 5.91 Å². The van der Waals surface area contributed by atoms with E-state index in [4.69, 9.17) is 0 Å². The molecule has 0 saturated carbocycles. The summed E-state index contributed by atoms with van der Waals surface area (Å²) in [7, 11) is 0. The summed E-state index contributed by atoms with van der Waals surface area (Å²) in [5.74, 6) is 0.0495. The van der Waals surface area contributed by atoms with Gasteiger partial charge in [0.05, 0.1) is 12.4 Å². The fraction of sp³-hybridized carbons (Fsp3) is 0.667. The second kappa shape index (κ2) is 7.84. The number of nitrogens with one attached hydrogen (secondary N) is 1. The maximum Gasteiger partial charge on any atom is 0.220 e. The lowest BCUT2D eigenvalue weighted by atomic mass is 10.2. The van der Waals surface area contributed by atoms with Crippen LogP contribution in [0.2, 0.25) is 0 Å². The highest BCUT2D eigenvalue weighted by atomic mass is 16.3. The van der Waals surface area contributed by atoms with Gasteiger partial charge in [0.2, 0.25) is 5.91 Å². The maximum absolute atomic E-state index is 11.4. The van der Waals surface area contributed by atoms with Crippen molar-refractivity contribution in [2.75, 3.05) is 6.54 Å². The molecule has 0 radical (unpaired) electrons. The summed E-state index contributed by atoms with van der Waals surface area (Å²) in [6.07, 6.45) is 7.73. The number of aromatic nitrogens is 2. The van der Waals surface area contributed by atoms with Gasteiger partial charge < -0.3 is 15.0 Å². The molecule has 0 saturated heterocycles. The molecule has 1 rings (SSSR count). The van der Waals surface area contributed by atoms with Crippen LogP contribution in [0.4, 0.5) is 0 Å². The summed E-state index contributed by atoms with van der Waals surface area (Å²) in [5, 5.41) is 12.1. The molecule has 1 unspecified atom stereocenters. The van der Waals surface area contributed by atoms with Gasteiger partial charge in [0.25, 0.3) is 0 Å². The Balaban J connectivity index is 2.01. The van der Waals surface area contributed by atoms with E-state index >= 15 is 0 Å². The first kappa shape index (κ1) is 13.7. The first-order valence-corrected chi connectivity index (χ1v) is 6.13. The van der Waals surface area contributed by atoms with Crippen LogP contribution in [-0.4, -0.2) is 33.2 Å². The number of aliphatic hydroxyl groups is 1. The fourth-order valence-electron chi connectivity index (χ4n) is 1.51. The summed E-state index contributed by atoms with van der Waals surface area (Å²) in [4.78, 5) is 15.4. The zero-order valence-corrected chi connectivity index (χ0v) is 10.3. The van der Waals surface area contributed by atoms with Crippen molar-refractivity contribution in [3.63, 3.8) is 0 Å².